The Morgan fingerprint density at radius 1 is 1.38 bits per heavy atom. The minimum absolute atomic E-state index is 0. The van der Waals surface area contributed by atoms with Crippen molar-refractivity contribution in [3.63, 3.8) is 0 Å². The second-order valence-electron chi connectivity index (χ2n) is 5.43. The van der Waals surface area contributed by atoms with Gasteiger partial charge in [-0.3, -0.25) is 4.79 Å². The molecule has 21 heavy (non-hydrogen) atoms. The van der Waals surface area contributed by atoms with Crippen molar-refractivity contribution in [2.24, 2.45) is 5.92 Å². The Balaban J connectivity index is 0.00000200. The average Bonchev–Trinajstić information content (AvgIpc) is 2.92. The lowest BCUT2D eigenvalue weighted by Gasteiger charge is -2.24. The number of rotatable bonds is 4. The number of hydrogen-bond donors (Lipinski definition) is 2. The van der Waals surface area contributed by atoms with Gasteiger partial charge in [0.25, 0.3) is 0 Å². The standard InChI is InChI=1S/C15H23N3O.2ClH/c1-11(2)18(3)14-6-4-5-13(9-14)17-15(19)12-7-8-16-10-12;;/h4-6,9,11-12,16H,7-8,10H2,1-3H3,(H,17,19);2*1H. The molecule has 1 aromatic carbocycles. The Bertz CT molecular complexity index is 448. The third-order valence-corrected chi connectivity index (χ3v) is 3.73. The maximum Gasteiger partial charge on any atom is 0.228 e. The van der Waals surface area contributed by atoms with Crippen LogP contribution < -0.4 is 15.5 Å². The summed E-state index contributed by atoms with van der Waals surface area (Å²) < 4.78 is 0. The highest BCUT2D eigenvalue weighted by Crippen LogP contribution is 2.21. The molecule has 1 saturated heterocycles. The molecule has 6 heteroatoms. The van der Waals surface area contributed by atoms with Gasteiger partial charge in [-0.15, -0.1) is 24.8 Å². The highest BCUT2D eigenvalue weighted by Gasteiger charge is 2.22. The van der Waals surface area contributed by atoms with Crippen LogP contribution in [0.15, 0.2) is 24.3 Å². The Kier molecular flexibility index (Phi) is 8.71. The van der Waals surface area contributed by atoms with Gasteiger partial charge in [-0.25, -0.2) is 0 Å². The highest BCUT2D eigenvalue weighted by molar-refractivity contribution is 5.93. The Hall–Kier alpha value is -0.970. The van der Waals surface area contributed by atoms with E-state index in [0.717, 1.165) is 30.9 Å². The molecule has 0 aliphatic carbocycles. The molecule has 0 bridgehead atoms. The van der Waals surface area contributed by atoms with E-state index >= 15 is 0 Å². The molecule has 1 fully saturated rings. The molecular weight excluding hydrogens is 309 g/mol. The summed E-state index contributed by atoms with van der Waals surface area (Å²) in [4.78, 5) is 14.3. The largest absolute Gasteiger partial charge is 0.372 e. The van der Waals surface area contributed by atoms with Gasteiger partial charge in [-0.2, -0.15) is 0 Å². The molecule has 1 amide bonds. The fourth-order valence-corrected chi connectivity index (χ4v) is 2.22. The van der Waals surface area contributed by atoms with Crippen molar-refractivity contribution in [2.75, 3.05) is 30.4 Å². The molecular formula is C15H25Cl2N3O. The van der Waals surface area contributed by atoms with Gasteiger partial charge in [-0.05, 0) is 45.0 Å². The predicted molar refractivity (Wildman–Crippen MR) is 94.1 cm³/mol. The van der Waals surface area contributed by atoms with E-state index in [-0.39, 0.29) is 36.6 Å². The van der Waals surface area contributed by atoms with Crippen LogP contribution in [0.2, 0.25) is 0 Å². The molecule has 0 radical (unpaired) electrons. The lowest BCUT2D eigenvalue weighted by atomic mass is 10.1. The van der Waals surface area contributed by atoms with Crippen LogP contribution >= 0.6 is 24.8 Å². The second kappa shape index (κ2) is 9.13. The van der Waals surface area contributed by atoms with Crippen molar-refractivity contribution < 1.29 is 4.79 Å². The van der Waals surface area contributed by atoms with Crippen LogP contribution in [0.5, 0.6) is 0 Å². The molecule has 1 aliphatic rings. The number of carbonyl (C=O) groups is 1. The minimum Gasteiger partial charge on any atom is -0.372 e. The van der Waals surface area contributed by atoms with Crippen LogP contribution in [0, 0.1) is 5.92 Å². The van der Waals surface area contributed by atoms with Gasteiger partial charge in [0.15, 0.2) is 0 Å². The maximum atomic E-state index is 12.1. The van der Waals surface area contributed by atoms with Gasteiger partial charge in [-0.1, -0.05) is 6.07 Å². The van der Waals surface area contributed by atoms with Gasteiger partial charge in [0.1, 0.15) is 0 Å². The summed E-state index contributed by atoms with van der Waals surface area (Å²) in [6.07, 6.45) is 0.928. The summed E-state index contributed by atoms with van der Waals surface area (Å²) in [6.45, 7) is 6.02. The van der Waals surface area contributed by atoms with Gasteiger partial charge in [0, 0.05) is 31.0 Å². The molecule has 120 valence electrons. The van der Waals surface area contributed by atoms with Crippen molar-refractivity contribution in [3.8, 4) is 0 Å². The number of anilines is 2. The Labute approximate surface area is 139 Å². The monoisotopic (exact) mass is 333 g/mol. The third-order valence-electron chi connectivity index (χ3n) is 3.73. The minimum atomic E-state index is 0. The van der Waals surface area contributed by atoms with E-state index in [1.165, 1.54) is 0 Å². The van der Waals surface area contributed by atoms with Crippen molar-refractivity contribution in [1.29, 1.82) is 0 Å². The SMILES string of the molecule is CC(C)N(C)c1cccc(NC(=O)C2CCNC2)c1.Cl.Cl. The highest BCUT2D eigenvalue weighted by atomic mass is 35.5. The summed E-state index contributed by atoms with van der Waals surface area (Å²) in [7, 11) is 2.06. The quantitative estimate of drug-likeness (QED) is 0.890. The van der Waals surface area contributed by atoms with Crippen LogP contribution in [0.4, 0.5) is 11.4 Å². The molecule has 1 heterocycles. The fraction of sp³-hybridized carbons (Fsp3) is 0.533. The van der Waals surface area contributed by atoms with Crippen LogP contribution in [0.3, 0.4) is 0 Å². The van der Waals surface area contributed by atoms with Crippen molar-refractivity contribution in [1.82, 2.24) is 5.32 Å². The second-order valence-corrected chi connectivity index (χ2v) is 5.43. The smallest absolute Gasteiger partial charge is 0.228 e. The molecule has 1 aromatic rings. The zero-order valence-electron chi connectivity index (χ0n) is 12.8. The fourth-order valence-electron chi connectivity index (χ4n) is 2.22. The lowest BCUT2D eigenvalue weighted by Crippen LogP contribution is -2.26. The summed E-state index contributed by atoms with van der Waals surface area (Å²) >= 11 is 0. The van der Waals surface area contributed by atoms with E-state index in [2.05, 4.69) is 42.5 Å². The molecule has 1 unspecified atom stereocenters. The van der Waals surface area contributed by atoms with Gasteiger partial charge in [0.2, 0.25) is 5.91 Å². The topological polar surface area (TPSA) is 44.4 Å². The number of carbonyl (C=O) groups excluding carboxylic acids is 1. The molecule has 0 saturated carbocycles. The van der Waals surface area contributed by atoms with Crippen LogP contribution in [0.25, 0.3) is 0 Å². The summed E-state index contributed by atoms with van der Waals surface area (Å²) in [5, 5.41) is 6.23. The van der Waals surface area contributed by atoms with E-state index in [1.807, 2.05) is 18.2 Å². The first kappa shape index (κ1) is 20.0. The number of nitrogens with zero attached hydrogens (tertiary/aromatic N) is 1. The van der Waals surface area contributed by atoms with Crippen LogP contribution in [-0.2, 0) is 4.79 Å². The molecule has 1 atom stereocenters. The van der Waals surface area contributed by atoms with Crippen molar-refractivity contribution in [2.45, 2.75) is 26.3 Å². The molecule has 2 N–H and O–H groups in total. The normalized spacial score (nSPS) is 16.9. The number of hydrogen-bond acceptors (Lipinski definition) is 3. The van der Waals surface area contributed by atoms with Gasteiger partial charge >= 0.3 is 0 Å². The average molecular weight is 334 g/mol. The lowest BCUT2D eigenvalue weighted by molar-refractivity contribution is -0.119. The van der Waals surface area contributed by atoms with E-state index < -0.39 is 0 Å². The molecule has 0 spiro atoms. The summed E-state index contributed by atoms with van der Waals surface area (Å²) in [5.41, 5.74) is 2.00. The first-order valence-electron chi connectivity index (χ1n) is 6.92. The summed E-state index contributed by atoms with van der Waals surface area (Å²) in [6, 6.07) is 8.45. The van der Waals surface area contributed by atoms with Gasteiger partial charge < -0.3 is 15.5 Å². The third kappa shape index (κ3) is 5.38. The number of benzene rings is 1. The summed E-state index contributed by atoms with van der Waals surface area (Å²) in [5.74, 6) is 0.223. The number of nitrogens with one attached hydrogen (secondary N) is 2. The molecule has 1 aliphatic heterocycles. The van der Waals surface area contributed by atoms with E-state index in [4.69, 9.17) is 0 Å². The van der Waals surface area contributed by atoms with Crippen molar-refractivity contribution >= 4 is 42.1 Å². The van der Waals surface area contributed by atoms with Crippen LogP contribution in [-0.4, -0.2) is 32.1 Å². The van der Waals surface area contributed by atoms with E-state index in [1.54, 1.807) is 0 Å². The van der Waals surface area contributed by atoms with Crippen LogP contribution in [0.1, 0.15) is 20.3 Å². The Morgan fingerprint density at radius 3 is 2.67 bits per heavy atom. The Morgan fingerprint density at radius 2 is 2.10 bits per heavy atom. The zero-order chi connectivity index (χ0) is 13.8. The molecule has 2 rings (SSSR count). The number of amides is 1. The predicted octanol–water partition coefficient (Wildman–Crippen LogP) is 2.92. The molecule has 0 aromatic heterocycles. The van der Waals surface area contributed by atoms with E-state index in [9.17, 15) is 4.79 Å². The first-order chi connectivity index (χ1) is 9.08. The first-order valence-corrected chi connectivity index (χ1v) is 6.92. The van der Waals surface area contributed by atoms with Crippen molar-refractivity contribution in [3.05, 3.63) is 24.3 Å². The molecule has 4 nitrogen and oxygen atoms in total. The van der Waals surface area contributed by atoms with E-state index in [0.29, 0.717) is 6.04 Å². The zero-order valence-corrected chi connectivity index (χ0v) is 14.4. The number of halogens is 2. The van der Waals surface area contributed by atoms with Gasteiger partial charge in [0.05, 0.1) is 5.92 Å². The maximum absolute atomic E-state index is 12.1.